The van der Waals surface area contributed by atoms with Gasteiger partial charge in [-0.05, 0) is 19.1 Å². The molecule has 0 unspecified atom stereocenters. The summed E-state index contributed by atoms with van der Waals surface area (Å²) in [6, 6.07) is 8.87. The van der Waals surface area contributed by atoms with Gasteiger partial charge in [-0.25, -0.2) is 4.79 Å². The first kappa shape index (κ1) is 11.4. The van der Waals surface area contributed by atoms with Crippen molar-refractivity contribution in [2.24, 2.45) is 0 Å². The second-order valence-electron chi connectivity index (χ2n) is 3.81. The maximum Gasteiger partial charge on any atom is 0.335 e. The van der Waals surface area contributed by atoms with E-state index in [-0.39, 0.29) is 11.9 Å². The molecule has 1 aliphatic rings. The SMILES string of the molecule is CC(NC(=O)c1ccccc1)=C1CCOC1=O. The van der Waals surface area contributed by atoms with Gasteiger partial charge in [-0.3, -0.25) is 4.79 Å². The number of carbonyl (C=O) groups excluding carboxylic acids is 2. The first-order valence-electron chi connectivity index (χ1n) is 5.42. The van der Waals surface area contributed by atoms with Crippen molar-refractivity contribution in [3.63, 3.8) is 0 Å². The quantitative estimate of drug-likeness (QED) is 0.621. The molecular formula is C13H13NO3. The van der Waals surface area contributed by atoms with E-state index in [1.807, 2.05) is 6.07 Å². The highest BCUT2D eigenvalue weighted by molar-refractivity contribution is 5.97. The molecule has 0 aromatic heterocycles. The molecule has 17 heavy (non-hydrogen) atoms. The van der Waals surface area contributed by atoms with Crippen molar-refractivity contribution < 1.29 is 14.3 Å². The summed E-state index contributed by atoms with van der Waals surface area (Å²) in [5.74, 6) is -0.550. The van der Waals surface area contributed by atoms with Crippen LogP contribution < -0.4 is 5.32 Å². The summed E-state index contributed by atoms with van der Waals surface area (Å²) in [7, 11) is 0. The molecule has 1 aromatic carbocycles. The van der Waals surface area contributed by atoms with Gasteiger partial charge in [-0.2, -0.15) is 0 Å². The van der Waals surface area contributed by atoms with E-state index in [1.165, 1.54) is 0 Å². The van der Waals surface area contributed by atoms with Gasteiger partial charge < -0.3 is 10.1 Å². The molecule has 0 radical (unpaired) electrons. The lowest BCUT2D eigenvalue weighted by Gasteiger charge is -2.06. The summed E-state index contributed by atoms with van der Waals surface area (Å²) in [6.07, 6.45) is 0.555. The number of cyclic esters (lactones) is 1. The Morgan fingerprint density at radius 2 is 2.00 bits per heavy atom. The molecule has 1 amide bonds. The third-order valence-electron chi connectivity index (χ3n) is 2.62. The molecule has 88 valence electrons. The Morgan fingerprint density at radius 1 is 1.29 bits per heavy atom. The van der Waals surface area contributed by atoms with E-state index in [2.05, 4.69) is 5.32 Å². The van der Waals surface area contributed by atoms with Crippen LogP contribution in [0.3, 0.4) is 0 Å². The molecule has 0 bridgehead atoms. The molecular weight excluding hydrogens is 218 g/mol. The zero-order chi connectivity index (χ0) is 12.3. The lowest BCUT2D eigenvalue weighted by atomic mass is 10.1. The molecule has 0 aliphatic carbocycles. The number of rotatable bonds is 2. The standard InChI is InChI=1S/C13H13NO3/c1-9(11-7-8-17-13(11)16)14-12(15)10-5-3-2-4-6-10/h2-6H,7-8H2,1H3,(H,14,15). The van der Waals surface area contributed by atoms with Crippen LogP contribution >= 0.6 is 0 Å². The van der Waals surface area contributed by atoms with E-state index in [9.17, 15) is 9.59 Å². The number of hydrogen-bond donors (Lipinski definition) is 1. The number of ether oxygens (including phenoxy) is 1. The third kappa shape index (κ3) is 2.53. The van der Waals surface area contributed by atoms with Gasteiger partial charge in [0.05, 0.1) is 12.2 Å². The predicted octanol–water partition coefficient (Wildman–Crippen LogP) is 1.64. The van der Waals surface area contributed by atoms with Crippen LogP contribution in [-0.2, 0) is 9.53 Å². The van der Waals surface area contributed by atoms with Gasteiger partial charge in [0.15, 0.2) is 0 Å². The molecule has 4 heteroatoms. The Labute approximate surface area is 99.3 Å². The van der Waals surface area contributed by atoms with E-state index in [4.69, 9.17) is 4.74 Å². The van der Waals surface area contributed by atoms with E-state index in [1.54, 1.807) is 31.2 Å². The van der Waals surface area contributed by atoms with Crippen molar-refractivity contribution in [2.75, 3.05) is 6.61 Å². The van der Waals surface area contributed by atoms with E-state index < -0.39 is 0 Å². The highest BCUT2D eigenvalue weighted by Gasteiger charge is 2.22. The Morgan fingerprint density at radius 3 is 2.59 bits per heavy atom. The lowest BCUT2D eigenvalue weighted by Crippen LogP contribution is -2.23. The summed E-state index contributed by atoms with van der Waals surface area (Å²) in [5.41, 5.74) is 1.69. The van der Waals surface area contributed by atoms with Crippen molar-refractivity contribution in [3.8, 4) is 0 Å². The summed E-state index contributed by atoms with van der Waals surface area (Å²) < 4.78 is 4.83. The highest BCUT2D eigenvalue weighted by atomic mass is 16.5. The fourth-order valence-corrected chi connectivity index (χ4v) is 1.68. The van der Waals surface area contributed by atoms with Crippen LogP contribution in [0, 0.1) is 0 Å². The van der Waals surface area contributed by atoms with Crippen LogP contribution in [0.4, 0.5) is 0 Å². The maximum absolute atomic E-state index is 11.8. The van der Waals surface area contributed by atoms with E-state index in [0.29, 0.717) is 29.9 Å². The van der Waals surface area contributed by atoms with Gasteiger partial charge in [0.25, 0.3) is 5.91 Å². The van der Waals surface area contributed by atoms with Crippen molar-refractivity contribution in [2.45, 2.75) is 13.3 Å². The number of benzene rings is 1. The van der Waals surface area contributed by atoms with Gasteiger partial charge in [-0.1, -0.05) is 18.2 Å². The molecule has 4 nitrogen and oxygen atoms in total. The molecule has 0 spiro atoms. The Kier molecular flexibility index (Phi) is 3.23. The summed E-state index contributed by atoms with van der Waals surface area (Å²) in [5, 5.41) is 2.71. The minimum Gasteiger partial charge on any atom is -0.462 e. The Balaban J connectivity index is 2.12. The maximum atomic E-state index is 11.8. The van der Waals surface area contributed by atoms with Crippen LogP contribution in [0.2, 0.25) is 0 Å². The summed E-state index contributed by atoms with van der Waals surface area (Å²) in [6.45, 7) is 2.11. The molecule has 1 N–H and O–H groups in total. The zero-order valence-electron chi connectivity index (χ0n) is 9.53. The highest BCUT2D eigenvalue weighted by Crippen LogP contribution is 2.16. The smallest absolute Gasteiger partial charge is 0.335 e. The average molecular weight is 231 g/mol. The van der Waals surface area contributed by atoms with Crippen molar-refractivity contribution in [1.82, 2.24) is 5.32 Å². The first-order valence-corrected chi connectivity index (χ1v) is 5.42. The topological polar surface area (TPSA) is 55.4 Å². The third-order valence-corrected chi connectivity index (χ3v) is 2.62. The monoisotopic (exact) mass is 231 g/mol. The van der Waals surface area contributed by atoms with Crippen molar-refractivity contribution >= 4 is 11.9 Å². The Hall–Kier alpha value is -2.10. The number of carbonyl (C=O) groups is 2. The average Bonchev–Trinajstić information content (AvgIpc) is 2.76. The molecule has 1 aliphatic heterocycles. The van der Waals surface area contributed by atoms with Gasteiger partial charge in [0, 0.05) is 17.7 Å². The first-order chi connectivity index (χ1) is 8.18. The van der Waals surface area contributed by atoms with Crippen LogP contribution in [0.1, 0.15) is 23.7 Å². The number of allylic oxidation sites excluding steroid dienone is 1. The predicted molar refractivity (Wildman–Crippen MR) is 62.2 cm³/mol. The van der Waals surface area contributed by atoms with Crippen LogP contribution in [0.25, 0.3) is 0 Å². The van der Waals surface area contributed by atoms with Crippen LogP contribution in [0.5, 0.6) is 0 Å². The number of hydrogen-bond acceptors (Lipinski definition) is 3. The number of amides is 1. The second kappa shape index (κ2) is 4.82. The number of esters is 1. The lowest BCUT2D eigenvalue weighted by molar-refractivity contribution is -0.135. The fraction of sp³-hybridized carbons (Fsp3) is 0.231. The minimum absolute atomic E-state index is 0.213. The fourth-order valence-electron chi connectivity index (χ4n) is 1.68. The summed E-state index contributed by atoms with van der Waals surface area (Å²) >= 11 is 0. The molecule has 1 heterocycles. The van der Waals surface area contributed by atoms with Crippen molar-refractivity contribution in [1.29, 1.82) is 0 Å². The van der Waals surface area contributed by atoms with Gasteiger partial charge >= 0.3 is 5.97 Å². The van der Waals surface area contributed by atoms with Gasteiger partial charge in [0.2, 0.25) is 0 Å². The van der Waals surface area contributed by atoms with E-state index in [0.717, 1.165) is 0 Å². The van der Waals surface area contributed by atoms with Crippen LogP contribution in [0.15, 0.2) is 41.6 Å². The van der Waals surface area contributed by atoms with Crippen LogP contribution in [-0.4, -0.2) is 18.5 Å². The molecule has 1 saturated heterocycles. The normalized spacial score (nSPS) is 17.6. The largest absolute Gasteiger partial charge is 0.462 e. The second-order valence-corrected chi connectivity index (χ2v) is 3.81. The molecule has 1 aromatic rings. The number of nitrogens with one attached hydrogen (secondary N) is 1. The molecule has 2 rings (SSSR count). The molecule has 0 atom stereocenters. The Bertz CT molecular complexity index is 477. The summed E-state index contributed by atoms with van der Waals surface area (Å²) in [4.78, 5) is 23.1. The molecule has 1 fully saturated rings. The zero-order valence-corrected chi connectivity index (χ0v) is 9.53. The van der Waals surface area contributed by atoms with Gasteiger partial charge in [-0.15, -0.1) is 0 Å². The van der Waals surface area contributed by atoms with E-state index >= 15 is 0 Å². The van der Waals surface area contributed by atoms with Crippen molar-refractivity contribution in [3.05, 3.63) is 47.2 Å². The molecule has 0 saturated carbocycles. The minimum atomic E-state index is -0.337. The van der Waals surface area contributed by atoms with Gasteiger partial charge in [0.1, 0.15) is 0 Å².